The van der Waals surface area contributed by atoms with E-state index in [0.29, 0.717) is 22.5 Å². The summed E-state index contributed by atoms with van der Waals surface area (Å²) in [5.41, 5.74) is 0. The normalized spacial score (nSPS) is 30.7. The molecule has 0 aromatic heterocycles. The molecule has 1 aromatic carbocycles. The summed E-state index contributed by atoms with van der Waals surface area (Å²) < 4.78 is 25.1. The Kier molecular flexibility index (Phi) is 4.16. The van der Waals surface area contributed by atoms with Gasteiger partial charge in [-0.2, -0.15) is 0 Å². The first kappa shape index (κ1) is 14.1. The van der Waals surface area contributed by atoms with Crippen molar-refractivity contribution in [1.82, 2.24) is 0 Å². The zero-order valence-corrected chi connectivity index (χ0v) is 12.8. The van der Waals surface area contributed by atoms with Gasteiger partial charge in [0.25, 0.3) is 0 Å². The minimum Gasteiger partial charge on any atom is -0.224 e. The Hall–Kier alpha value is -0.830. The predicted molar refractivity (Wildman–Crippen MR) is 81.3 cm³/mol. The maximum absolute atomic E-state index is 12.6. The highest BCUT2D eigenvalue weighted by Crippen LogP contribution is 2.44. The lowest BCUT2D eigenvalue weighted by Gasteiger charge is -2.41. The SMILES string of the molecule is O=S(=O)(CC1CCCC2CCCCC21)c1ccccc1. The second-order valence-electron chi connectivity index (χ2n) is 6.49. The van der Waals surface area contributed by atoms with Gasteiger partial charge in [-0.3, -0.25) is 0 Å². The number of rotatable bonds is 3. The molecular weight excluding hydrogens is 268 g/mol. The smallest absolute Gasteiger partial charge is 0.178 e. The van der Waals surface area contributed by atoms with Gasteiger partial charge in [-0.15, -0.1) is 0 Å². The predicted octanol–water partition coefficient (Wildman–Crippen LogP) is 4.07. The van der Waals surface area contributed by atoms with Gasteiger partial charge < -0.3 is 0 Å². The summed E-state index contributed by atoms with van der Waals surface area (Å²) in [5, 5.41) is 0. The Bertz CT molecular complexity index is 533. The quantitative estimate of drug-likeness (QED) is 0.841. The van der Waals surface area contributed by atoms with Gasteiger partial charge in [-0.05, 0) is 42.7 Å². The van der Waals surface area contributed by atoms with E-state index in [1.54, 1.807) is 12.1 Å². The molecule has 2 aliphatic rings. The van der Waals surface area contributed by atoms with Crippen molar-refractivity contribution >= 4 is 9.84 Å². The monoisotopic (exact) mass is 292 g/mol. The first-order valence-corrected chi connectivity index (χ1v) is 9.60. The molecular formula is C17H24O2S. The molecule has 20 heavy (non-hydrogen) atoms. The second-order valence-corrected chi connectivity index (χ2v) is 8.53. The molecule has 2 aliphatic carbocycles. The highest BCUT2D eigenvalue weighted by molar-refractivity contribution is 7.91. The molecule has 0 aliphatic heterocycles. The molecule has 0 amide bonds. The highest BCUT2D eigenvalue weighted by Gasteiger charge is 2.37. The average Bonchev–Trinajstić information content (AvgIpc) is 2.48. The van der Waals surface area contributed by atoms with Gasteiger partial charge in [0.05, 0.1) is 10.6 Å². The fourth-order valence-electron chi connectivity index (χ4n) is 4.28. The third kappa shape index (κ3) is 2.93. The topological polar surface area (TPSA) is 34.1 Å². The summed E-state index contributed by atoms with van der Waals surface area (Å²) in [6, 6.07) is 8.97. The van der Waals surface area contributed by atoms with Crippen molar-refractivity contribution in [2.75, 3.05) is 5.75 Å². The van der Waals surface area contributed by atoms with Gasteiger partial charge in [0, 0.05) is 0 Å². The molecule has 0 bridgehead atoms. The van der Waals surface area contributed by atoms with Crippen molar-refractivity contribution < 1.29 is 8.42 Å². The first-order chi connectivity index (χ1) is 9.67. The number of sulfone groups is 1. The van der Waals surface area contributed by atoms with Crippen LogP contribution in [0.4, 0.5) is 0 Å². The Morgan fingerprint density at radius 3 is 2.40 bits per heavy atom. The minimum absolute atomic E-state index is 0.359. The molecule has 2 saturated carbocycles. The zero-order valence-electron chi connectivity index (χ0n) is 12.0. The summed E-state index contributed by atoms with van der Waals surface area (Å²) in [7, 11) is -3.11. The van der Waals surface area contributed by atoms with Crippen LogP contribution in [-0.4, -0.2) is 14.2 Å². The summed E-state index contributed by atoms with van der Waals surface area (Å²) >= 11 is 0. The third-order valence-corrected chi connectivity index (χ3v) is 7.12. The molecule has 3 unspecified atom stereocenters. The molecule has 0 radical (unpaired) electrons. The van der Waals surface area contributed by atoms with E-state index < -0.39 is 9.84 Å². The number of benzene rings is 1. The van der Waals surface area contributed by atoms with E-state index >= 15 is 0 Å². The van der Waals surface area contributed by atoms with Gasteiger partial charge in [-0.1, -0.05) is 50.3 Å². The van der Waals surface area contributed by atoms with Crippen molar-refractivity contribution in [3.05, 3.63) is 30.3 Å². The summed E-state index contributed by atoms with van der Waals surface area (Å²) in [4.78, 5) is 0.498. The van der Waals surface area contributed by atoms with Crippen molar-refractivity contribution in [2.24, 2.45) is 17.8 Å². The van der Waals surface area contributed by atoms with E-state index in [9.17, 15) is 8.42 Å². The van der Waals surface area contributed by atoms with Crippen LogP contribution in [0.5, 0.6) is 0 Å². The van der Waals surface area contributed by atoms with Gasteiger partial charge in [0.1, 0.15) is 0 Å². The zero-order chi connectivity index (χ0) is 14.0. The van der Waals surface area contributed by atoms with Crippen LogP contribution in [0.25, 0.3) is 0 Å². The highest BCUT2D eigenvalue weighted by atomic mass is 32.2. The van der Waals surface area contributed by atoms with Crippen LogP contribution in [0.1, 0.15) is 44.9 Å². The van der Waals surface area contributed by atoms with Crippen LogP contribution in [0, 0.1) is 17.8 Å². The van der Waals surface area contributed by atoms with Crippen molar-refractivity contribution in [1.29, 1.82) is 0 Å². The van der Waals surface area contributed by atoms with E-state index in [-0.39, 0.29) is 0 Å². The summed E-state index contributed by atoms with van der Waals surface area (Å²) in [6.45, 7) is 0. The van der Waals surface area contributed by atoms with E-state index in [2.05, 4.69) is 0 Å². The second kappa shape index (κ2) is 5.88. The Morgan fingerprint density at radius 1 is 0.900 bits per heavy atom. The van der Waals surface area contributed by atoms with Gasteiger partial charge in [0.15, 0.2) is 9.84 Å². The van der Waals surface area contributed by atoms with E-state index in [1.165, 1.54) is 38.5 Å². The molecule has 0 saturated heterocycles. The Balaban J connectivity index is 1.76. The fourth-order valence-corrected chi connectivity index (χ4v) is 6.03. The van der Waals surface area contributed by atoms with Gasteiger partial charge in [-0.25, -0.2) is 8.42 Å². The van der Waals surface area contributed by atoms with Crippen LogP contribution in [0.15, 0.2) is 35.2 Å². The lowest BCUT2D eigenvalue weighted by molar-refractivity contribution is 0.116. The molecule has 3 atom stereocenters. The number of hydrogen-bond donors (Lipinski definition) is 0. The first-order valence-electron chi connectivity index (χ1n) is 7.94. The summed E-state index contributed by atoms with van der Waals surface area (Å²) in [5.74, 6) is 2.21. The largest absolute Gasteiger partial charge is 0.224 e. The Morgan fingerprint density at radius 2 is 1.60 bits per heavy atom. The van der Waals surface area contributed by atoms with Crippen LogP contribution in [0.2, 0.25) is 0 Å². The standard InChI is InChI=1S/C17H24O2S/c18-20(19,16-10-2-1-3-11-16)13-15-9-6-8-14-7-4-5-12-17(14)15/h1-3,10-11,14-15,17H,4-9,12-13H2. The maximum Gasteiger partial charge on any atom is 0.178 e. The molecule has 2 fully saturated rings. The lowest BCUT2D eigenvalue weighted by Crippen LogP contribution is -2.34. The minimum atomic E-state index is -3.11. The molecule has 0 N–H and O–H groups in total. The average molecular weight is 292 g/mol. The third-order valence-electron chi connectivity index (χ3n) is 5.26. The summed E-state index contributed by atoms with van der Waals surface area (Å²) in [6.07, 6.45) is 8.87. The van der Waals surface area contributed by atoms with E-state index in [1.807, 2.05) is 18.2 Å². The molecule has 2 nitrogen and oxygen atoms in total. The molecule has 110 valence electrons. The van der Waals surface area contributed by atoms with Crippen molar-refractivity contribution in [3.8, 4) is 0 Å². The lowest BCUT2D eigenvalue weighted by atomic mass is 9.66. The molecule has 1 aromatic rings. The maximum atomic E-state index is 12.6. The van der Waals surface area contributed by atoms with Crippen LogP contribution in [-0.2, 0) is 9.84 Å². The molecule has 0 heterocycles. The van der Waals surface area contributed by atoms with Crippen LogP contribution < -0.4 is 0 Å². The van der Waals surface area contributed by atoms with Crippen LogP contribution in [0.3, 0.4) is 0 Å². The number of hydrogen-bond acceptors (Lipinski definition) is 2. The van der Waals surface area contributed by atoms with Crippen molar-refractivity contribution in [2.45, 2.75) is 49.8 Å². The van der Waals surface area contributed by atoms with E-state index in [0.717, 1.165) is 12.3 Å². The number of fused-ring (bicyclic) bond motifs is 1. The molecule has 3 heteroatoms. The fraction of sp³-hybridized carbons (Fsp3) is 0.647. The van der Waals surface area contributed by atoms with Crippen LogP contribution >= 0.6 is 0 Å². The van der Waals surface area contributed by atoms with Gasteiger partial charge >= 0.3 is 0 Å². The van der Waals surface area contributed by atoms with Gasteiger partial charge in [0.2, 0.25) is 0 Å². The molecule has 0 spiro atoms. The van der Waals surface area contributed by atoms with E-state index in [4.69, 9.17) is 0 Å². The Labute approximate surface area is 122 Å². The van der Waals surface area contributed by atoms with Crippen molar-refractivity contribution in [3.63, 3.8) is 0 Å². The molecule has 3 rings (SSSR count).